The maximum atomic E-state index is 13.5. The van der Waals surface area contributed by atoms with E-state index >= 15 is 0 Å². The van der Waals surface area contributed by atoms with Gasteiger partial charge < -0.3 is 29.3 Å². The predicted molar refractivity (Wildman–Crippen MR) is 132 cm³/mol. The van der Waals surface area contributed by atoms with E-state index in [9.17, 15) is 14.4 Å². The van der Waals surface area contributed by atoms with E-state index < -0.39 is 0 Å². The molecule has 9 heteroatoms. The normalized spacial score (nSPS) is 24.3. The second kappa shape index (κ2) is 12.4. The van der Waals surface area contributed by atoms with Gasteiger partial charge in [-0.05, 0) is 31.9 Å². The lowest BCUT2D eigenvalue weighted by atomic mass is 9.99. The number of likely N-dealkylation sites (N-methyl/N-ethyl adjacent to an activating group) is 1. The number of amides is 3. The zero-order chi connectivity index (χ0) is 25.5. The van der Waals surface area contributed by atoms with Crippen molar-refractivity contribution >= 4 is 23.4 Å². The maximum absolute atomic E-state index is 13.5. The highest BCUT2D eigenvalue weighted by Crippen LogP contribution is 2.30. The van der Waals surface area contributed by atoms with Gasteiger partial charge in [-0.15, -0.1) is 0 Å². The molecule has 1 N–H and O–H groups in total. The number of benzene rings is 1. The van der Waals surface area contributed by atoms with E-state index in [0.717, 1.165) is 25.7 Å². The minimum atomic E-state index is -0.303. The maximum Gasteiger partial charge on any atom is 0.257 e. The predicted octanol–water partition coefficient (Wildman–Crippen LogP) is 2.79. The van der Waals surface area contributed by atoms with Crippen LogP contribution in [-0.4, -0.2) is 87.2 Å². The number of fused-ring (bicyclic) bond motifs is 1. The molecule has 35 heavy (non-hydrogen) atoms. The van der Waals surface area contributed by atoms with Gasteiger partial charge in [-0.3, -0.25) is 14.4 Å². The van der Waals surface area contributed by atoms with Crippen LogP contribution in [0.1, 0.15) is 49.9 Å². The van der Waals surface area contributed by atoms with Gasteiger partial charge in [0.1, 0.15) is 19.0 Å². The molecule has 0 spiro atoms. The number of ether oxygens (including phenoxy) is 3. The van der Waals surface area contributed by atoms with Crippen LogP contribution in [0.3, 0.4) is 0 Å². The fourth-order valence-corrected chi connectivity index (χ4v) is 4.89. The summed E-state index contributed by atoms with van der Waals surface area (Å²) in [6.07, 6.45) is 3.80. The molecule has 9 nitrogen and oxygen atoms in total. The average molecular weight is 490 g/mol. The Hall–Kier alpha value is -2.65. The number of hydrogen-bond donors (Lipinski definition) is 1. The highest BCUT2D eigenvalue weighted by Gasteiger charge is 2.34. The van der Waals surface area contributed by atoms with E-state index in [2.05, 4.69) is 12.2 Å². The van der Waals surface area contributed by atoms with Crippen molar-refractivity contribution in [1.29, 1.82) is 0 Å². The Balaban J connectivity index is 1.93. The molecule has 3 rings (SSSR count). The van der Waals surface area contributed by atoms with Gasteiger partial charge in [0.15, 0.2) is 0 Å². The van der Waals surface area contributed by atoms with Crippen molar-refractivity contribution in [2.75, 3.05) is 52.9 Å². The fourth-order valence-electron chi connectivity index (χ4n) is 4.89. The Labute approximate surface area is 208 Å². The van der Waals surface area contributed by atoms with Crippen molar-refractivity contribution in [1.82, 2.24) is 9.80 Å². The number of nitrogens with one attached hydrogen (secondary N) is 1. The van der Waals surface area contributed by atoms with Crippen LogP contribution in [0.2, 0.25) is 0 Å². The van der Waals surface area contributed by atoms with E-state index in [-0.39, 0.29) is 54.9 Å². The van der Waals surface area contributed by atoms with Crippen LogP contribution in [0.15, 0.2) is 18.2 Å². The molecule has 1 aromatic rings. The van der Waals surface area contributed by atoms with Crippen LogP contribution in [0.4, 0.5) is 5.69 Å². The number of hydrogen-bond acceptors (Lipinski definition) is 6. The van der Waals surface area contributed by atoms with Gasteiger partial charge in [-0.1, -0.05) is 19.8 Å². The lowest BCUT2D eigenvalue weighted by Crippen LogP contribution is -2.50. The van der Waals surface area contributed by atoms with Gasteiger partial charge in [-0.2, -0.15) is 0 Å². The SMILES string of the molecule is COCC(=O)Nc1ccc2c(c1)OC[C@H](C)N(C(=O)C1CCCC1)C[C@@H](C)[C@H](OC)CN(C)C2=O. The minimum Gasteiger partial charge on any atom is -0.491 e. The molecule has 0 unspecified atom stereocenters. The molecule has 194 valence electrons. The number of anilines is 1. The molecular formula is C26H39N3O6. The van der Waals surface area contributed by atoms with Crippen molar-refractivity contribution in [3.63, 3.8) is 0 Å². The van der Waals surface area contributed by atoms with Crippen LogP contribution in [0.25, 0.3) is 0 Å². The minimum absolute atomic E-state index is 0.0281. The molecule has 3 atom stereocenters. The molecule has 0 bridgehead atoms. The summed E-state index contributed by atoms with van der Waals surface area (Å²) in [5.74, 6) is 0.110. The van der Waals surface area contributed by atoms with Crippen LogP contribution in [-0.2, 0) is 19.1 Å². The highest BCUT2D eigenvalue weighted by molar-refractivity contribution is 5.98. The summed E-state index contributed by atoms with van der Waals surface area (Å²) in [5, 5.41) is 2.75. The van der Waals surface area contributed by atoms with Crippen molar-refractivity contribution in [3.8, 4) is 5.75 Å². The van der Waals surface area contributed by atoms with Gasteiger partial charge in [0.25, 0.3) is 5.91 Å². The van der Waals surface area contributed by atoms with E-state index in [4.69, 9.17) is 14.2 Å². The number of methoxy groups -OCH3 is 2. The molecular weight excluding hydrogens is 450 g/mol. The number of carbonyl (C=O) groups is 3. The largest absolute Gasteiger partial charge is 0.491 e. The summed E-state index contributed by atoms with van der Waals surface area (Å²) >= 11 is 0. The van der Waals surface area contributed by atoms with Gasteiger partial charge in [0.2, 0.25) is 11.8 Å². The Morgan fingerprint density at radius 2 is 1.86 bits per heavy atom. The summed E-state index contributed by atoms with van der Waals surface area (Å²) in [7, 11) is 4.82. The number of carbonyl (C=O) groups excluding carboxylic acids is 3. The molecule has 0 radical (unpaired) electrons. The number of rotatable bonds is 5. The van der Waals surface area contributed by atoms with E-state index in [0.29, 0.717) is 30.1 Å². The first-order chi connectivity index (χ1) is 16.7. The third-order valence-corrected chi connectivity index (χ3v) is 6.99. The Morgan fingerprint density at radius 3 is 2.51 bits per heavy atom. The lowest BCUT2D eigenvalue weighted by molar-refractivity contribution is -0.139. The Morgan fingerprint density at radius 1 is 1.14 bits per heavy atom. The third-order valence-electron chi connectivity index (χ3n) is 6.99. The van der Waals surface area contributed by atoms with E-state index in [1.807, 2.05) is 11.8 Å². The zero-order valence-electron chi connectivity index (χ0n) is 21.5. The summed E-state index contributed by atoms with van der Waals surface area (Å²) in [4.78, 5) is 42.3. The van der Waals surface area contributed by atoms with Crippen LogP contribution >= 0.6 is 0 Å². The van der Waals surface area contributed by atoms with Crippen molar-refractivity contribution in [2.45, 2.75) is 51.7 Å². The quantitative estimate of drug-likeness (QED) is 0.683. The summed E-state index contributed by atoms with van der Waals surface area (Å²) < 4.78 is 16.8. The Kier molecular flexibility index (Phi) is 9.51. The highest BCUT2D eigenvalue weighted by atomic mass is 16.5. The molecule has 3 amide bonds. The van der Waals surface area contributed by atoms with E-state index in [1.165, 1.54) is 7.11 Å². The van der Waals surface area contributed by atoms with Crippen molar-refractivity contribution in [3.05, 3.63) is 23.8 Å². The fraction of sp³-hybridized carbons (Fsp3) is 0.654. The molecule has 1 heterocycles. The monoisotopic (exact) mass is 489 g/mol. The first kappa shape index (κ1) is 26.9. The van der Waals surface area contributed by atoms with E-state index in [1.54, 1.807) is 37.3 Å². The van der Waals surface area contributed by atoms with Gasteiger partial charge in [0.05, 0.1) is 17.7 Å². The molecule has 0 saturated heterocycles. The molecule has 1 saturated carbocycles. The second-order valence-corrected chi connectivity index (χ2v) is 9.76. The van der Waals surface area contributed by atoms with Gasteiger partial charge in [-0.25, -0.2) is 0 Å². The van der Waals surface area contributed by atoms with Crippen LogP contribution in [0.5, 0.6) is 5.75 Å². The summed E-state index contributed by atoms with van der Waals surface area (Å²) in [5.41, 5.74) is 0.893. The first-order valence-electron chi connectivity index (χ1n) is 12.4. The van der Waals surface area contributed by atoms with Gasteiger partial charge in [0, 0.05) is 57.9 Å². The first-order valence-corrected chi connectivity index (χ1v) is 12.4. The lowest BCUT2D eigenvalue weighted by Gasteiger charge is -2.37. The topological polar surface area (TPSA) is 97.4 Å². The second-order valence-electron chi connectivity index (χ2n) is 9.76. The third kappa shape index (κ3) is 6.73. The smallest absolute Gasteiger partial charge is 0.257 e. The standard InChI is InChI=1S/C26H39N3O6/c1-17-13-29(25(31)19-8-6-7-9-19)18(2)15-35-22-12-20(27-24(30)16-33-4)10-11-21(22)26(32)28(3)14-23(17)34-5/h10-12,17-19,23H,6-9,13-16H2,1-5H3,(H,27,30)/t17-,18+,23-/m1/s1. The molecule has 1 aliphatic heterocycles. The molecule has 1 aromatic carbocycles. The van der Waals surface area contributed by atoms with Crippen molar-refractivity contribution < 1.29 is 28.6 Å². The molecule has 0 aromatic heterocycles. The zero-order valence-corrected chi connectivity index (χ0v) is 21.5. The molecule has 1 fully saturated rings. The summed E-state index contributed by atoms with van der Waals surface area (Å²) in [6.45, 7) is 5.09. The van der Waals surface area contributed by atoms with Crippen molar-refractivity contribution in [2.24, 2.45) is 11.8 Å². The number of nitrogens with zero attached hydrogens (tertiary/aromatic N) is 2. The van der Waals surface area contributed by atoms with Crippen LogP contribution in [0, 0.1) is 11.8 Å². The summed E-state index contributed by atoms with van der Waals surface area (Å²) in [6, 6.07) is 4.77. The molecule has 1 aliphatic carbocycles. The average Bonchev–Trinajstić information content (AvgIpc) is 3.38. The van der Waals surface area contributed by atoms with Gasteiger partial charge >= 0.3 is 0 Å². The Bertz CT molecular complexity index is 901. The van der Waals surface area contributed by atoms with Crippen LogP contribution < -0.4 is 10.1 Å². The molecule has 2 aliphatic rings.